The zero-order valence-corrected chi connectivity index (χ0v) is 12.1. The van der Waals surface area contributed by atoms with Gasteiger partial charge in [-0.2, -0.15) is 0 Å². The van der Waals surface area contributed by atoms with Crippen LogP contribution in [0.4, 0.5) is 0 Å². The first-order valence-corrected chi connectivity index (χ1v) is 8.22. The number of hydrogen-bond donors (Lipinski definition) is 2. The van der Waals surface area contributed by atoms with Crippen LogP contribution in [0.25, 0.3) is 0 Å². The van der Waals surface area contributed by atoms with E-state index in [4.69, 9.17) is 0 Å². The molecule has 6 heteroatoms. The Balaban J connectivity index is 1.84. The smallest absolute Gasteiger partial charge is 0.258 e. The highest BCUT2D eigenvalue weighted by Gasteiger charge is 2.28. The van der Waals surface area contributed by atoms with Crippen LogP contribution in [0.5, 0.6) is 0 Å². The van der Waals surface area contributed by atoms with E-state index in [-0.39, 0.29) is 11.1 Å². The van der Waals surface area contributed by atoms with Crippen molar-refractivity contribution in [3.8, 4) is 0 Å². The Kier molecular flexibility index (Phi) is 3.35. The molecule has 0 aliphatic heterocycles. The molecule has 0 spiro atoms. The number of fused-ring (bicyclic) bond motifs is 1. The zero-order chi connectivity index (χ0) is 14.2. The van der Waals surface area contributed by atoms with E-state index in [0.29, 0.717) is 12.2 Å². The van der Waals surface area contributed by atoms with Gasteiger partial charge in [0.1, 0.15) is 5.82 Å². The van der Waals surface area contributed by atoms with Crippen molar-refractivity contribution in [2.75, 3.05) is 0 Å². The van der Waals surface area contributed by atoms with Crippen LogP contribution in [0.1, 0.15) is 36.3 Å². The number of H-pyrrole nitrogens is 1. The molecule has 1 aromatic heterocycles. The van der Waals surface area contributed by atoms with Gasteiger partial charge in [0.25, 0.3) is 10.0 Å². The zero-order valence-electron chi connectivity index (χ0n) is 11.3. The Hall–Kier alpha value is -1.66. The number of hydrogen-bond acceptors (Lipinski definition) is 3. The number of aryl methyl sites for hydroxylation is 2. The van der Waals surface area contributed by atoms with Crippen molar-refractivity contribution >= 4 is 10.0 Å². The molecule has 1 aliphatic rings. The summed E-state index contributed by atoms with van der Waals surface area (Å²) in [5.74, 6) is 0.678. The Morgan fingerprint density at radius 3 is 2.95 bits per heavy atom. The largest absolute Gasteiger partial charge is 0.332 e. The van der Waals surface area contributed by atoms with Gasteiger partial charge < -0.3 is 4.98 Å². The molecule has 2 N–H and O–H groups in total. The van der Waals surface area contributed by atoms with Crippen molar-refractivity contribution in [1.29, 1.82) is 0 Å². The minimum atomic E-state index is -3.54. The SMILES string of the molecule is CCc1ncc(S(=O)(=O)NC2CCc3ccccc32)[nH]1. The van der Waals surface area contributed by atoms with Gasteiger partial charge in [0, 0.05) is 12.5 Å². The standard InChI is InChI=1S/C14H17N3O2S/c1-2-13-15-9-14(16-13)20(18,19)17-12-8-7-10-5-3-4-6-11(10)12/h3-6,9,12,17H,2,7-8H2,1H3,(H,15,16). The van der Waals surface area contributed by atoms with Crippen molar-refractivity contribution in [1.82, 2.24) is 14.7 Å². The fourth-order valence-corrected chi connectivity index (χ4v) is 3.78. The van der Waals surface area contributed by atoms with Crippen LogP contribution in [0, 0.1) is 0 Å². The maximum absolute atomic E-state index is 12.3. The third-order valence-corrected chi connectivity index (χ3v) is 5.04. The Labute approximate surface area is 118 Å². The number of benzene rings is 1. The first-order valence-electron chi connectivity index (χ1n) is 6.74. The molecule has 1 unspecified atom stereocenters. The average Bonchev–Trinajstić information content (AvgIpc) is 3.06. The van der Waals surface area contributed by atoms with Crippen molar-refractivity contribution in [3.63, 3.8) is 0 Å². The molecule has 0 saturated carbocycles. The van der Waals surface area contributed by atoms with E-state index in [0.717, 1.165) is 18.4 Å². The van der Waals surface area contributed by atoms with Gasteiger partial charge in [0.2, 0.25) is 0 Å². The summed E-state index contributed by atoms with van der Waals surface area (Å²) in [5, 5.41) is 0.138. The maximum atomic E-state index is 12.3. The summed E-state index contributed by atoms with van der Waals surface area (Å²) in [6.07, 6.45) is 3.77. The number of sulfonamides is 1. The molecule has 1 aromatic carbocycles. The van der Waals surface area contributed by atoms with Crippen LogP contribution >= 0.6 is 0 Å². The van der Waals surface area contributed by atoms with Gasteiger partial charge in [0.15, 0.2) is 5.03 Å². The van der Waals surface area contributed by atoms with Gasteiger partial charge in [-0.15, -0.1) is 0 Å². The minimum absolute atomic E-state index is 0.138. The van der Waals surface area contributed by atoms with Crippen LogP contribution in [-0.4, -0.2) is 18.4 Å². The number of nitrogens with zero attached hydrogens (tertiary/aromatic N) is 1. The van der Waals surface area contributed by atoms with Crippen LogP contribution < -0.4 is 4.72 Å². The van der Waals surface area contributed by atoms with E-state index in [1.54, 1.807) is 0 Å². The molecule has 0 fully saturated rings. The van der Waals surface area contributed by atoms with Gasteiger partial charge in [-0.25, -0.2) is 18.1 Å². The van der Waals surface area contributed by atoms with Crippen LogP contribution in [0.2, 0.25) is 0 Å². The van der Waals surface area contributed by atoms with Gasteiger partial charge in [-0.05, 0) is 24.0 Å². The van der Waals surface area contributed by atoms with Crippen LogP contribution in [0.15, 0.2) is 35.5 Å². The lowest BCUT2D eigenvalue weighted by atomic mass is 10.1. The summed E-state index contributed by atoms with van der Waals surface area (Å²) < 4.78 is 27.5. The number of nitrogens with one attached hydrogen (secondary N) is 2. The molecule has 1 heterocycles. The molecule has 5 nitrogen and oxygen atoms in total. The van der Waals surface area contributed by atoms with E-state index in [1.165, 1.54) is 11.8 Å². The quantitative estimate of drug-likeness (QED) is 0.904. The van der Waals surface area contributed by atoms with E-state index in [2.05, 4.69) is 20.8 Å². The summed E-state index contributed by atoms with van der Waals surface area (Å²) in [4.78, 5) is 6.88. The maximum Gasteiger partial charge on any atom is 0.258 e. The number of imidazole rings is 1. The summed E-state index contributed by atoms with van der Waals surface area (Å²) in [5.41, 5.74) is 2.30. The highest BCUT2D eigenvalue weighted by atomic mass is 32.2. The molecule has 2 aromatic rings. The molecule has 0 bridgehead atoms. The Bertz CT molecular complexity index is 722. The first kappa shape index (κ1) is 13.3. The second-order valence-corrected chi connectivity index (χ2v) is 6.64. The summed E-state index contributed by atoms with van der Waals surface area (Å²) >= 11 is 0. The third-order valence-electron chi connectivity index (χ3n) is 3.66. The Morgan fingerprint density at radius 2 is 2.20 bits per heavy atom. The number of rotatable bonds is 4. The van der Waals surface area contributed by atoms with Crippen molar-refractivity contribution in [2.45, 2.75) is 37.3 Å². The Morgan fingerprint density at radius 1 is 1.40 bits per heavy atom. The first-order chi connectivity index (χ1) is 9.60. The lowest BCUT2D eigenvalue weighted by Gasteiger charge is -2.13. The molecule has 3 rings (SSSR count). The molecule has 1 atom stereocenters. The van der Waals surface area contributed by atoms with Crippen LogP contribution in [-0.2, 0) is 22.9 Å². The highest BCUT2D eigenvalue weighted by molar-refractivity contribution is 7.89. The van der Waals surface area contributed by atoms with E-state index in [1.807, 2.05) is 25.1 Å². The lowest BCUT2D eigenvalue weighted by Crippen LogP contribution is -2.27. The fourth-order valence-electron chi connectivity index (χ4n) is 2.59. The normalized spacial score (nSPS) is 18.1. The number of aromatic nitrogens is 2. The van der Waals surface area contributed by atoms with Gasteiger partial charge in [-0.3, -0.25) is 0 Å². The van der Waals surface area contributed by atoms with Gasteiger partial charge in [0.05, 0.1) is 6.20 Å². The molecule has 106 valence electrons. The molecule has 0 radical (unpaired) electrons. The molecule has 0 saturated heterocycles. The van der Waals surface area contributed by atoms with Gasteiger partial charge >= 0.3 is 0 Å². The van der Waals surface area contributed by atoms with Crippen LogP contribution in [0.3, 0.4) is 0 Å². The predicted octanol–water partition coefficient (Wildman–Crippen LogP) is 1.94. The van der Waals surface area contributed by atoms with E-state index >= 15 is 0 Å². The minimum Gasteiger partial charge on any atom is -0.332 e. The molecular formula is C14H17N3O2S. The number of aromatic amines is 1. The highest BCUT2D eigenvalue weighted by Crippen LogP contribution is 2.31. The van der Waals surface area contributed by atoms with Crippen molar-refractivity contribution < 1.29 is 8.42 Å². The second-order valence-electron chi connectivity index (χ2n) is 4.96. The molecule has 1 aliphatic carbocycles. The summed E-state index contributed by atoms with van der Waals surface area (Å²) in [7, 11) is -3.54. The fraction of sp³-hybridized carbons (Fsp3) is 0.357. The van der Waals surface area contributed by atoms with E-state index in [9.17, 15) is 8.42 Å². The third kappa shape index (κ3) is 2.36. The average molecular weight is 291 g/mol. The topological polar surface area (TPSA) is 74.8 Å². The summed E-state index contributed by atoms with van der Waals surface area (Å²) in [6, 6.07) is 7.81. The molecular weight excluding hydrogens is 274 g/mol. The molecule has 20 heavy (non-hydrogen) atoms. The summed E-state index contributed by atoms with van der Waals surface area (Å²) in [6.45, 7) is 1.93. The van der Waals surface area contributed by atoms with Gasteiger partial charge in [-0.1, -0.05) is 31.2 Å². The van der Waals surface area contributed by atoms with E-state index < -0.39 is 10.0 Å². The lowest BCUT2D eigenvalue weighted by molar-refractivity contribution is 0.551. The van der Waals surface area contributed by atoms with Crippen molar-refractivity contribution in [3.05, 3.63) is 47.4 Å². The van der Waals surface area contributed by atoms with Crippen molar-refractivity contribution in [2.24, 2.45) is 0 Å². The second kappa shape index (κ2) is 5.03. The molecule has 0 amide bonds. The predicted molar refractivity (Wildman–Crippen MR) is 75.8 cm³/mol. The monoisotopic (exact) mass is 291 g/mol.